The zero-order chi connectivity index (χ0) is 47.8. The van der Waals surface area contributed by atoms with E-state index in [9.17, 15) is 50.2 Å². The molecule has 2 radical (unpaired) electrons. The standard InChI is InChI=1S/C13H7F5N.C12H10F2N2.C11H7F5NS.C10H9N2.2Ir/c1-7-4-5-19-10(6-7)8-2-3-9(14)11(12(8)15)13(16,17)18;1-7-3-4-15-10(5-7)12-11(14)8(2)9(13)6-16-12;12-18(13,14,15,16)10-6-4-9(5-7-10)11-3-1-2-8-17-11;1-9-4-2-5-10(8-9)12-7-3-6-11-12;;/h3-6H,1H3;3-6H,1-2H3;1-4,6-8H;2-4,6-8H,1H3;;/q-1;;2*-1;;. The molecule has 358 valence electrons. The smallest absolute Gasteiger partial charge is 0.305 e. The summed E-state index contributed by atoms with van der Waals surface area (Å²) in [5, 5.41) is 4.11. The van der Waals surface area contributed by atoms with Crippen molar-refractivity contribution in [2.45, 2.75) is 38.8 Å². The summed E-state index contributed by atoms with van der Waals surface area (Å²) < 4.78 is 155. The molecule has 6 nitrogen and oxygen atoms in total. The summed E-state index contributed by atoms with van der Waals surface area (Å²) in [6.07, 6.45) is 3.92. The minimum absolute atomic E-state index is 0. The van der Waals surface area contributed by atoms with Gasteiger partial charge in [-0.3, -0.25) is 18.4 Å². The summed E-state index contributed by atoms with van der Waals surface area (Å²) in [6, 6.07) is 28.6. The molecule has 0 saturated heterocycles. The molecule has 0 aliphatic carbocycles. The Morgan fingerprint density at radius 3 is 1.75 bits per heavy atom. The molecule has 0 N–H and O–H groups in total. The Labute approximate surface area is 404 Å². The molecule has 0 aliphatic rings. The molecule has 67 heavy (non-hydrogen) atoms. The molecular weight excluding hydrogens is 1280 g/mol. The molecule has 5 aromatic heterocycles. The summed E-state index contributed by atoms with van der Waals surface area (Å²) in [6.45, 7) is 6.99. The van der Waals surface area contributed by atoms with Gasteiger partial charge in [0.2, 0.25) is 0 Å². The monoisotopic (exact) mass is 1320 g/mol. The predicted molar refractivity (Wildman–Crippen MR) is 222 cm³/mol. The maximum Gasteiger partial charge on any atom is 0.405 e. The molecule has 5 heterocycles. The summed E-state index contributed by atoms with van der Waals surface area (Å²) in [4.78, 5) is 13.5. The first-order valence-corrected chi connectivity index (χ1v) is 20.6. The van der Waals surface area contributed by atoms with Crippen LogP contribution < -0.4 is 0 Å². The molecule has 8 rings (SSSR count). The van der Waals surface area contributed by atoms with Crippen LogP contribution in [0.2, 0.25) is 0 Å². The summed E-state index contributed by atoms with van der Waals surface area (Å²) in [7, 11) is -9.61. The van der Waals surface area contributed by atoms with E-state index < -0.39 is 55.7 Å². The van der Waals surface area contributed by atoms with E-state index in [0.717, 1.165) is 23.5 Å². The number of pyridine rings is 4. The summed E-state index contributed by atoms with van der Waals surface area (Å²) in [5.41, 5.74) is 2.46. The third-order valence-corrected chi connectivity index (χ3v) is 9.84. The fraction of sp³-hybridized carbons (Fsp3) is 0.109. The molecule has 0 amide bonds. The Kier molecular flexibility index (Phi) is 18.2. The van der Waals surface area contributed by atoms with E-state index in [2.05, 4.69) is 50.2 Å². The number of aromatic nitrogens is 6. The third kappa shape index (κ3) is 15.4. The third-order valence-electron chi connectivity index (χ3n) is 8.70. The number of alkyl halides is 3. The first-order valence-electron chi connectivity index (χ1n) is 18.6. The number of halogens is 12. The van der Waals surface area contributed by atoms with Gasteiger partial charge in [-0.25, -0.2) is 13.8 Å². The number of nitrogens with zero attached hydrogens (tertiary/aromatic N) is 6. The van der Waals surface area contributed by atoms with Gasteiger partial charge in [-0.05, 0) is 73.7 Å². The Bertz CT molecular complexity index is 2890. The van der Waals surface area contributed by atoms with Crippen LogP contribution in [0.15, 0.2) is 133 Å². The minimum Gasteiger partial charge on any atom is -0.305 e. The van der Waals surface area contributed by atoms with Gasteiger partial charge in [-0.2, -0.15) is 42.0 Å². The van der Waals surface area contributed by atoms with Crippen molar-refractivity contribution in [3.63, 3.8) is 0 Å². The quantitative estimate of drug-likeness (QED) is 0.127. The van der Waals surface area contributed by atoms with E-state index >= 15 is 0 Å². The molecule has 0 unspecified atom stereocenters. The Hall–Kier alpha value is -5.72. The predicted octanol–water partition coefficient (Wildman–Crippen LogP) is 14.4. The van der Waals surface area contributed by atoms with E-state index in [1.807, 2.05) is 37.4 Å². The molecule has 21 heteroatoms. The fourth-order valence-electron chi connectivity index (χ4n) is 5.46. The van der Waals surface area contributed by atoms with Crippen LogP contribution in [0, 0.1) is 69.2 Å². The first-order chi connectivity index (χ1) is 30.3. The second-order valence-corrected chi connectivity index (χ2v) is 16.3. The van der Waals surface area contributed by atoms with Crippen molar-refractivity contribution in [1.82, 2.24) is 29.7 Å². The first kappa shape index (κ1) is 55.6. The summed E-state index contributed by atoms with van der Waals surface area (Å²) in [5.74, 6) is -4.70. The van der Waals surface area contributed by atoms with Crippen LogP contribution in [0.3, 0.4) is 0 Å². The molecule has 8 aromatic rings. The van der Waals surface area contributed by atoms with Crippen LogP contribution in [-0.2, 0) is 46.4 Å². The van der Waals surface area contributed by atoms with Crippen molar-refractivity contribution in [2.75, 3.05) is 0 Å². The number of benzene rings is 3. The zero-order valence-corrected chi connectivity index (χ0v) is 40.5. The average molecular weight is 1310 g/mol. The van der Waals surface area contributed by atoms with Gasteiger partial charge < -0.3 is 9.97 Å². The van der Waals surface area contributed by atoms with Crippen LogP contribution in [0.5, 0.6) is 0 Å². The van der Waals surface area contributed by atoms with Crippen molar-refractivity contribution in [1.29, 1.82) is 0 Å². The molecule has 0 fully saturated rings. The second kappa shape index (κ2) is 21.9. The van der Waals surface area contributed by atoms with Gasteiger partial charge in [0.15, 0.2) is 5.82 Å². The topological polar surface area (TPSA) is 69.4 Å². The Balaban J connectivity index is 0.000000237. The Morgan fingerprint density at radius 1 is 0.582 bits per heavy atom. The van der Waals surface area contributed by atoms with Gasteiger partial charge >= 0.3 is 6.18 Å². The van der Waals surface area contributed by atoms with Crippen LogP contribution in [0.25, 0.3) is 39.6 Å². The normalized spacial score (nSPS) is 11.9. The van der Waals surface area contributed by atoms with Crippen molar-refractivity contribution in [3.8, 4) is 39.6 Å². The number of hydrogen-bond donors (Lipinski definition) is 0. The van der Waals surface area contributed by atoms with E-state index in [0.29, 0.717) is 29.1 Å². The summed E-state index contributed by atoms with van der Waals surface area (Å²) >= 11 is 0. The van der Waals surface area contributed by atoms with E-state index in [1.54, 1.807) is 60.4 Å². The number of hydrogen-bond acceptors (Lipinski definition) is 5. The van der Waals surface area contributed by atoms with Crippen LogP contribution in [0.1, 0.15) is 27.8 Å². The van der Waals surface area contributed by atoms with Gasteiger partial charge in [-0.1, -0.05) is 36.2 Å². The van der Waals surface area contributed by atoms with E-state index in [1.165, 1.54) is 30.9 Å². The van der Waals surface area contributed by atoms with E-state index in [-0.39, 0.29) is 68.8 Å². The van der Waals surface area contributed by atoms with Crippen molar-refractivity contribution < 1.29 is 90.4 Å². The molecule has 0 saturated carbocycles. The second-order valence-electron chi connectivity index (χ2n) is 13.9. The molecule has 0 atom stereocenters. The number of rotatable bonds is 5. The average Bonchev–Trinajstić information content (AvgIpc) is 3.79. The van der Waals surface area contributed by atoms with Crippen molar-refractivity contribution in [2.24, 2.45) is 0 Å². The van der Waals surface area contributed by atoms with Gasteiger partial charge in [-0.15, -0.1) is 67.5 Å². The van der Waals surface area contributed by atoms with E-state index in [4.69, 9.17) is 0 Å². The minimum atomic E-state index is -9.61. The van der Waals surface area contributed by atoms with Crippen molar-refractivity contribution >= 4 is 10.2 Å². The molecular formula is C46H33F12Ir2N6S-3. The largest absolute Gasteiger partial charge is 0.405 e. The number of aryl methyl sites for hydroxylation is 3. The molecule has 3 aromatic carbocycles. The van der Waals surface area contributed by atoms with Gasteiger partial charge in [0, 0.05) is 87.2 Å². The van der Waals surface area contributed by atoms with Crippen LogP contribution in [0.4, 0.5) is 50.2 Å². The van der Waals surface area contributed by atoms with Gasteiger partial charge in [0.05, 0.1) is 23.5 Å². The maximum atomic E-state index is 13.8. The van der Waals surface area contributed by atoms with Gasteiger partial charge in [0.1, 0.15) is 11.5 Å². The fourth-order valence-corrected chi connectivity index (χ4v) is 6.07. The van der Waals surface area contributed by atoms with Crippen LogP contribution in [-0.4, -0.2) is 29.7 Å². The Morgan fingerprint density at radius 2 is 1.21 bits per heavy atom. The SMILES string of the molecule is Cc1cc[c-]c(-n2cccn2)c1.Cc1ccnc(-c2[c-]cc(F)c(C(F)(F)F)c2F)c1.Cc1ccnc(-c2ncc(F)c(C)c2F)c1.FS(F)(F)(F)(F)c1c[c-]c(-c2ccccn2)cc1.[Ir].[Ir]. The molecule has 0 bridgehead atoms. The zero-order valence-electron chi connectivity index (χ0n) is 34.9. The maximum absolute atomic E-state index is 13.8. The molecule has 0 spiro atoms. The van der Waals surface area contributed by atoms with Crippen molar-refractivity contribution in [3.05, 3.63) is 197 Å². The molecule has 0 aliphatic heterocycles. The van der Waals surface area contributed by atoms with Gasteiger partial charge in [0.25, 0.3) is 10.2 Å². The van der Waals surface area contributed by atoms with Crippen LogP contribution >= 0.6 is 10.2 Å².